The van der Waals surface area contributed by atoms with E-state index in [-0.39, 0.29) is 11.6 Å². The minimum atomic E-state index is -0.128. The van der Waals surface area contributed by atoms with Gasteiger partial charge in [0.1, 0.15) is 0 Å². The second-order valence-electron chi connectivity index (χ2n) is 4.90. The van der Waals surface area contributed by atoms with E-state index in [1.54, 1.807) is 0 Å². The Morgan fingerprint density at radius 1 is 1.46 bits per heavy atom. The van der Waals surface area contributed by atoms with Crippen molar-refractivity contribution in [1.29, 1.82) is 0 Å². The summed E-state index contributed by atoms with van der Waals surface area (Å²) in [6.45, 7) is 2.32. The zero-order valence-electron chi connectivity index (χ0n) is 8.37. The first kappa shape index (κ1) is 9.44. The van der Waals surface area contributed by atoms with E-state index in [4.69, 9.17) is 5.73 Å². The van der Waals surface area contributed by atoms with Crippen molar-refractivity contribution >= 4 is 0 Å². The van der Waals surface area contributed by atoms with Crippen LogP contribution in [-0.2, 0) is 0 Å². The van der Waals surface area contributed by atoms with Crippen molar-refractivity contribution in [3.63, 3.8) is 0 Å². The van der Waals surface area contributed by atoms with Crippen LogP contribution in [0.1, 0.15) is 25.7 Å². The number of aliphatic hydroxyl groups is 1. The minimum absolute atomic E-state index is 0.0475. The smallest absolute Gasteiger partial charge is 0.0575 e. The van der Waals surface area contributed by atoms with Gasteiger partial charge in [0.25, 0.3) is 0 Å². The van der Waals surface area contributed by atoms with Gasteiger partial charge in [0.05, 0.1) is 6.10 Å². The van der Waals surface area contributed by atoms with Crippen molar-refractivity contribution in [1.82, 2.24) is 4.90 Å². The average Bonchev–Trinajstić information content (AvgIpc) is 2.02. The molecule has 1 saturated heterocycles. The first-order valence-electron chi connectivity index (χ1n) is 5.26. The monoisotopic (exact) mass is 184 g/mol. The van der Waals surface area contributed by atoms with E-state index in [2.05, 4.69) is 11.9 Å². The molecule has 0 aromatic heterocycles. The lowest BCUT2D eigenvalue weighted by Crippen LogP contribution is -2.62. The summed E-state index contributed by atoms with van der Waals surface area (Å²) in [5.41, 5.74) is 6.20. The largest absolute Gasteiger partial charge is 0.393 e. The van der Waals surface area contributed by atoms with Crippen molar-refractivity contribution in [2.45, 2.75) is 37.3 Å². The molecule has 1 unspecified atom stereocenters. The first-order valence-corrected chi connectivity index (χ1v) is 5.26. The zero-order valence-corrected chi connectivity index (χ0v) is 8.37. The molecule has 3 N–H and O–H groups in total. The Kier molecular flexibility index (Phi) is 2.34. The number of hydrogen-bond donors (Lipinski definition) is 2. The van der Waals surface area contributed by atoms with Crippen LogP contribution in [0.4, 0.5) is 0 Å². The van der Waals surface area contributed by atoms with Crippen molar-refractivity contribution < 1.29 is 5.11 Å². The normalized spacial score (nSPS) is 47.3. The fraction of sp³-hybridized carbons (Fsp3) is 1.00. The highest BCUT2D eigenvalue weighted by molar-refractivity contribution is 5.04. The van der Waals surface area contributed by atoms with Crippen molar-refractivity contribution in [2.24, 2.45) is 11.7 Å². The van der Waals surface area contributed by atoms with Crippen molar-refractivity contribution in [2.75, 3.05) is 20.1 Å². The molecular formula is C10H20N2O. The van der Waals surface area contributed by atoms with Crippen LogP contribution in [0, 0.1) is 5.92 Å². The lowest BCUT2D eigenvalue weighted by molar-refractivity contribution is -0.0257. The molecule has 1 atom stereocenters. The van der Waals surface area contributed by atoms with Crippen molar-refractivity contribution in [3.05, 3.63) is 0 Å². The van der Waals surface area contributed by atoms with Crippen LogP contribution in [0.25, 0.3) is 0 Å². The van der Waals surface area contributed by atoms with E-state index in [0.29, 0.717) is 5.92 Å². The third-order valence-corrected chi connectivity index (χ3v) is 3.67. The van der Waals surface area contributed by atoms with Gasteiger partial charge in [0.15, 0.2) is 0 Å². The summed E-state index contributed by atoms with van der Waals surface area (Å²) >= 11 is 0. The summed E-state index contributed by atoms with van der Waals surface area (Å²) in [6.07, 6.45) is 4.00. The first-order chi connectivity index (χ1) is 6.10. The van der Waals surface area contributed by atoms with Crippen LogP contribution >= 0.6 is 0 Å². The Labute approximate surface area is 79.9 Å². The summed E-state index contributed by atoms with van der Waals surface area (Å²) in [5.74, 6) is 0.606. The van der Waals surface area contributed by atoms with Gasteiger partial charge in [-0.05, 0) is 45.2 Å². The molecule has 76 valence electrons. The van der Waals surface area contributed by atoms with Gasteiger partial charge in [-0.25, -0.2) is 0 Å². The van der Waals surface area contributed by atoms with E-state index in [0.717, 1.165) is 19.4 Å². The SMILES string of the molecule is CN1CCCC(C2(N)CC(O)C2)C1. The number of aliphatic hydroxyl groups excluding tert-OH is 1. The predicted molar refractivity (Wildman–Crippen MR) is 52.4 cm³/mol. The standard InChI is InChI=1S/C10H20N2O/c1-12-4-2-3-8(7-12)10(11)5-9(13)6-10/h8-9,13H,2-7,11H2,1H3. The molecule has 0 bridgehead atoms. The third-order valence-electron chi connectivity index (χ3n) is 3.67. The van der Waals surface area contributed by atoms with Crippen molar-refractivity contribution in [3.8, 4) is 0 Å². The number of nitrogens with zero attached hydrogens (tertiary/aromatic N) is 1. The summed E-state index contributed by atoms with van der Waals surface area (Å²) < 4.78 is 0. The van der Waals surface area contributed by atoms with Gasteiger partial charge in [-0.3, -0.25) is 0 Å². The maximum Gasteiger partial charge on any atom is 0.0575 e. The Morgan fingerprint density at radius 2 is 2.15 bits per heavy atom. The van der Waals surface area contributed by atoms with E-state index in [1.165, 1.54) is 19.4 Å². The van der Waals surface area contributed by atoms with Crippen LogP contribution < -0.4 is 5.73 Å². The van der Waals surface area contributed by atoms with Gasteiger partial charge in [-0.15, -0.1) is 0 Å². The highest BCUT2D eigenvalue weighted by Gasteiger charge is 2.46. The molecule has 0 aromatic carbocycles. The van der Waals surface area contributed by atoms with Gasteiger partial charge in [-0.2, -0.15) is 0 Å². The lowest BCUT2D eigenvalue weighted by atomic mass is 9.65. The van der Waals surface area contributed by atoms with E-state index in [1.807, 2.05) is 0 Å². The molecule has 2 fully saturated rings. The molecular weight excluding hydrogens is 164 g/mol. The molecule has 2 rings (SSSR count). The van der Waals surface area contributed by atoms with E-state index in [9.17, 15) is 5.11 Å². The number of hydrogen-bond acceptors (Lipinski definition) is 3. The second kappa shape index (κ2) is 3.23. The van der Waals surface area contributed by atoms with Crippen LogP contribution in [0.15, 0.2) is 0 Å². The molecule has 1 heterocycles. The highest BCUT2D eigenvalue weighted by atomic mass is 16.3. The molecule has 13 heavy (non-hydrogen) atoms. The van der Waals surface area contributed by atoms with E-state index >= 15 is 0 Å². The maximum atomic E-state index is 9.29. The van der Waals surface area contributed by atoms with Gasteiger partial charge in [-0.1, -0.05) is 0 Å². The fourth-order valence-corrected chi connectivity index (χ4v) is 2.79. The number of piperidine rings is 1. The summed E-state index contributed by atoms with van der Waals surface area (Å²) in [6, 6.07) is 0. The molecule has 1 aliphatic carbocycles. The Balaban J connectivity index is 1.92. The lowest BCUT2D eigenvalue weighted by Gasteiger charge is -2.50. The Bertz CT molecular complexity index is 189. The Morgan fingerprint density at radius 3 is 2.69 bits per heavy atom. The minimum Gasteiger partial charge on any atom is -0.393 e. The molecule has 3 nitrogen and oxygen atoms in total. The maximum absolute atomic E-state index is 9.29. The van der Waals surface area contributed by atoms with Gasteiger partial charge in [0.2, 0.25) is 0 Å². The van der Waals surface area contributed by atoms with Crippen LogP contribution in [-0.4, -0.2) is 41.8 Å². The number of nitrogens with two attached hydrogens (primary N) is 1. The molecule has 0 aromatic rings. The molecule has 1 aliphatic heterocycles. The highest BCUT2D eigenvalue weighted by Crippen LogP contribution is 2.39. The quantitative estimate of drug-likeness (QED) is 0.611. The summed E-state index contributed by atoms with van der Waals surface area (Å²) in [5, 5.41) is 9.29. The zero-order chi connectivity index (χ0) is 9.47. The van der Waals surface area contributed by atoms with E-state index < -0.39 is 0 Å². The van der Waals surface area contributed by atoms with Gasteiger partial charge >= 0.3 is 0 Å². The topological polar surface area (TPSA) is 49.5 Å². The van der Waals surface area contributed by atoms with Crippen LogP contribution in [0.2, 0.25) is 0 Å². The predicted octanol–water partition coefficient (Wildman–Crippen LogP) is 0.180. The van der Waals surface area contributed by atoms with Gasteiger partial charge < -0.3 is 15.7 Å². The molecule has 0 spiro atoms. The second-order valence-corrected chi connectivity index (χ2v) is 4.90. The molecule has 0 amide bonds. The van der Waals surface area contributed by atoms with Crippen LogP contribution in [0.5, 0.6) is 0 Å². The summed E-state index contributed by atoms with van der Waals surface area (Å²) in [7, 11) is 2.16. The fourth-order valence-electron chi connectivity index (χ4n) is 2.79. The molecule has 0 radical (unpaired) electrons. The molecule has 1 saturated carbocycles. The van der Waals surface area contributed by atoms with Gasteiger partial charge in [0, 0.05) is 12.1 Å². The Hall–Kier alpha value is -0.120. The summed E-state index contributed by atoms with van der Waals surface area (Å²) in [4.78, 5) is 2.35. The molecule has 2 aliphatic rings. The number of rotatable bonds is 1. The average molecular weight is 184 g/mol. The van der Waals surface area contributed by atoms with Crippen LogP contribution in [0.3, 0.4) is 0 Å². The third kappa shape index (κ3) is 1.73. The molecule has 3 heteroatoms. The number of likely N-dealkylation sites (tertiary alicyclic amines) is 1.